The van der Waals surface area contributed by atoms with Gasteiger partial charge in [0.25, 0.3) is 0 Å². The molecule has 0 saturated heterocycles. The summed E-state index contributed by atoms with van der Waals surface area (Å²) in [5.41, 5.74) is -0.0218. The van der Waals surface area contributed by atoms with Crippen molar-refractivity contribution < 1.29 is 24.2 Å². The Labute approximate surface area is 104 Å². The van der Waals surface area contributed by atoms with Gasteiger partial charge in [0.15, 0.2) is 0 Å². The summed E-state index contributed by atoms with van der Waals surface area (Å²) >= 11 is 0. The van der Waals surface area contributed by atoms with E-state index in [4.69, 9.17) is 14.6 Å². The first-order valence-corrected chi connectivity index (χ1v) is 5.05. The van der Waals surface area contributed by atoms with Crippen LogP contribution in [0.2, 0.25) is 0 Å². The van der Waals surface area contributed by atoms with Crippen LogP contribution in [-0.2, 0) is 4.74 Å². The zero-order valence-electron chi connectivity index (χ0n) is 9.80. The molecule has 1 rings (SSSR count). The molecule has 2 N–H and O–H groups in total. The van der Waals surface area contributed by atoms with Crippen molar-refractivity contribution in [1.82, 2.24) is 0 Å². The molecule has 0 spiro atoms. The standard InChI is InChI=1S/C12H13NO5/c1-3-7-18-12(16)13-10-8(11(14)15)5-4-6-9(10)17-2/h3-6H,1,7H2,2H3,(H,13,16)(H,14,15). The molecule has 0 aromatic heterocycles. The van der Waals surface area contributed by atoms with Crippen molar-refractivity contribution in [3.05, 3.63) is 36.4 Å². The molecule has 0 radical (unpaired) electrons. The molecule has 6 heteroatoms. The maximum atomic E-state index is 11.4. The van der Waals surface area contributed by atoms with Gasteiger partial charge in [-0.3, -0.25) is 5.32 Å². The lowest BCUT2D eigenvalue weighted by Gasteiger charge is -2.12. The minimum atomic E-state index is -1.17. The van der Waals surface area contributed by atoms with Crippen molar-refractivity contribution in [2.45, 2.75) is 0 Å². The summed E-state index contributed by atoms with van der Waals surface area (Å²) in [5, 5.41) is 11.3. The van der Waals surface area contributed by atoms with Crippen molar-refractivity contribution in [3.63, 3.8) is 0 Å². The molecule has 0 saturated carbocycles. The molecule has 1 amide bonds. The zero-order valence-corrected chi connectivity index (χ0v) is 9.80. The maximum absolute atomic E-state index is 11.4. The number of nitrogens with one attached hydrogen (secondary N) is 1. The molecule has 1 aromatic carbocycles. The minimum Gasteiger partial charge on any atom is -0.495 e. The summed E-state index contributed by atoms with van der Waals surface area (Å²) in [7, 11) is 1.38. The molecule has 0 heterocycles. The number of anilines is 1. The van der Waals surface area contributed by atoms with Crippen LogP contribution in [0.3, 0.4) is 0 Å². The fourth-order valence-electron chi connectivity index (χ4n) is 1.28. The van der Waals surface area contributed by atoms with Crippen LogP contribution in [0.1, 0.15) is 10.4 Å². The SMILES string of the molecule is C=CCOC(=O)Nc1c(OC)cccc1C(=O)O. The van der Waals surface area contributed by atoms with Crippen LogP contribution in [-0.4, -0.2) is 30.9 Å². The van der Waals surface area contributed by atoms with Crippen LogP contribution in [0.4, 0.5) is 10.5 Å². The lowest BCUT2D eigenvalue weighted by Crippen LogP contribution is -2.16. The lowest BCUT2D eigenvalue weighted by atomic mass is 10.1. The molecule has 0 fully saturated rings. The summed E-state index contributed by atoms with van der Waals surface area (Å²) in [4.78, 5) is 22.4. The fourth-order valence-corrected chi connectivity index (χ4v) is 1.28. The lowest BCUT2D eigenvalue weighted by molar-refractivity contribution is 0.0697. The van der Waals surface area contributed by atoms with Gasteiger partial charge in [-0.2, -0.15) is 0 Å². The number of hydrogen-bond acceptors (Lipinski definition) is 4. The number of rotatable bonds is 5. The molecule has 1 aromatic rings. The van der Waals surface area contributed by atoms with Gasteiger partial charge in [-0.15, -0.1) is 0 Å². The summed E-state index contributed by atoms with van der Waals surface area (Å²) in [5.74, 6) is -0.932. The van der Waals surface area contributed by atoms with Gasteiger partial charge in [-0.25, -0.2) is 9.59 Å². The van der Waals surface area contributed by atoms with E-state index in [2.05, 4.69) is 11.9 Å². The Morgan fingerprint density at radius 1 is 1.50 bits per heavy atom. The number of carbonyl (C=O) groups is 2. The summed E-state index contributed by atoms with van der Waals surface area (Å²) < 4.78 is 9.70. The predicted molar refractivity (Wildman–Crippen MR) is 65.1 cm³/mol. The molecule has 0 bridgehead atoms. The summed E-state index contributed by atoms with van der Waals surface area (Å²) in [6, 6.07) is 4.41. The third-order valence-electron chi connectivity index (χ3n) is 2.04. The molecule has 0 aliphatic carbocycles. The van der Waals surface area contributed by atoms with Crippen LogP contribution in [0, 0.1) is 0 Å². The number of para-hydroxylation sites is 1. The van der Waals surface area contributed by atoms with E-state index in [0.29, 0.717) is 0 Å². The highest BCUT2D eigenvalue weighted by atomic mass is 16.5. The molecule has 6 nitrogen and oxygen atoms in total. The van der Waals surface area contributed by atoms with Crippen molar-refractivity contribution in [2.75, 3.05) is 19.0 Å². The van der Waals surface area contributed by atoms with Crippen LogP contribution in [0.5, 0.6) is 5.75 Å². The van der Waals surface area contributed by atoms with E-state index in [0.717, 1.165) is 0 Å². The molecule has 0 unspecified atom stereocenters. The Bertz CT molecular complexity index is 470. The van der Waals surface area contributed by atoms with Gasteiger partial charge in [0.2, 0.25) is 0 Å². The largest absolute Gasteiger partial charge is 0.495 e. The Hall–Kier alpha value is -2.50. The van der Waals surface area contributed by atoms with Gasteiger partial charge in [-0.1, -0.05) is 18.7 Å². The topological polar surface area (TPSA) is 84.9 Å². The normalized spacial score (nSPS) is 9.39. The highest BCUT2D eigenvalue weighted by molar-refractivity contribution is 6.00. The van der Waals surface area contributed by atoms with Gasteiger partial charge in [-0.05, 0) is 12.1 Å². The molecule has 0 aliphatic rings. The van der Waals surface area contributed by atoms with Gasteiger partial charge >= 0.3 is 12.1 Å². The van der Waals surface area contributed by atoms with E-state index in [1.54, 1.807) is 0 Å². The third-order valence-corrected chi connectivity index (χ3v) is 2.04. The average Bonchev–Trinajstić information content (AvgIpc) is 2.36. The molecular weight excluding hydrogens is 238 g/mol. The molecule has 0 aliphatic heterocycles. The first kappa shape index (κ1) is 13.6. The van der Waals surface area contributed by atoms with Crippen LogP contribution < -0.4 is 10.1 Å². The highest BCUT2D eigenvalue weighted by Crippen LogP contribution is 2.28. The zero-order chi connectivity index (χ0) is 13.5. The average molecular weight is 251 g/mol. The van der Waals surface area contributed by atoms with E-state index in [9.17, 15) is 9.59 Å². The Morgan fingerprint density at radius 2 is 2.22 bits per heavy atom. The molecular formula is C12H13NO5. The number of methoxy groups -OCH3 is 1. The van der Waals surface area contributed by atoms with E-state index in [1.165, 1.54) is 31.4 Å². The number of aromatic carboxylic acids is 1. The maximum Gasteiger partial charge on any atom is 0.412 e. The first-order valence-electron chi connectivity index (χ1n) is 5.05. The number of benzene rings is 1. The fraction of sp³-hybridized carbons (Fsp3) is 0.167. The van der Waals surface area contributed by atoms with Crippen molar-refractivity contribution >= 4 is 17.7 Å². The Morgan fingerprint density at radius 3 is 2.78 bits per heavy atom. The second-order valence-corrected chi connectivity index (χ2v) is 3.20. The molecule has 0 atom stereocenters. The van der Waals surface area contributed by atoms with Crippen molar-refractivity contribution in [2.24, 2.45) is 0 Å². The number of carboxylic acid groups (broad SMARTS) is 1. The Kier molecular flexibility index (Phi) is 4.74. The van der Waals surface area contributed by atoms with Gasteiger partial charge in [0.05, 0.1) is 12.7 Å². The van der Waals surface area contributed by atoms with Crippen LogP contribution >= 0.6 is 0 Å². The van der Waals surface area contributed by atoms with Crippen LogP contribution in [0.15, 0.2) is 30.9 Å². The highest BCUT2D eigenvalue weighted by Gasteiger charge is 2.17. The molecule has 18 heavy (non-hydrogen) atoms. The number of carboxylic acids is 1. The minimum absolute atomic E-state index is 0.0311. The van der Waals surface area contributed by atoms with Crippen molar-refractivity contribution in [3.8, 4) is 5.75 Å². The van der Waals surface area contributed by atoms with E-state index in [1.807, 2.05) is 0 Å². The predicted octanol–water partition coefficient (Wildman–Crippen LogP) is 2.13. The van der Waals surface area contributed by atoms with E-state index >= 15 is 0 Å². The summed E-state index contributed by atoms with van der Waals surface area (Å²) in [6.07, 6.45) is 0.627. The van der Waals surface area contributed by atoms with E-state index < -0.39 is 12.1 Å². The number of carbonyl (C=O) groups excluding carboxylic acids is 1. The number of amides is 1. The van der Waals surface area contributed by atoms with Crippen molar-refractivity contribution in [1.29, 1.82) is 0 Å². The van der Waals surface area contributed by atoms with Gasteiger partial charge in [0.1, 0.15) is 18.0 Å². The second-order valence-electron chi connectivity index (χ2n) is 3.20. The van der Waals surface area contributed by atoms with Gasteiger partial charge < -0.3 is 14.6 Å². The monoisotopic (exact) mass is 251 g/mol. The smallest absolute Gasteiger partial charge is 0.412 e. The van der Waals surface area contributed by atoms with Crippen LogP contribution in [0.25, 0.3) is 0 Å². The summed E-state index contributed by atoms with van der Waals surface area (Å²) in [6.45, 7) is 3.43. The van der Waals surface area contributed by atoms with E-state index in [-0.39, 0.29) is 23.6 Å². The van der Waals surface area contributed by atoms with Gasteiger partial charge in [0, 0.05) is 0 Å². The number of ether oxygens (including phenoxy) is 2. The second kappa shape index (κ2) is 6.29. The first-order chi connectivity index (χ1) is 8.60. The third kappa shape index (κ3) is 3.24. The molecule has 96 valence electrons. The quantitative estimate of drug-likeness (QED) is 0.783. The Balaban J connectivity index is 3.01. The number of hydrogen-bond donors (Lipinski definition) is 2.